The molecule has 18 heavy (non-hydrogen) atoms. The number of hydrogen-bond acceptors (Lipinski definition) is 4. The Labute approximate surface area is 116 Å². The van der Waals surface area contributed by atoms with Crippen molar-refractivity contribution in [3.63, 3.8) is 0 Å². The Hall–Kier alpha value is -0.650. The molecule has 1 aliphatic heterocycles. The number of rotatable bonds is 5. The molecule has 0 saturated carbocycles. The molecule has 1 aromatic heterocycles. The molecule has 0 radical (unpaired) electrons. The van der Waals surface area contributed by atoms with E-state index in [1.54, 1.807) is 11.3 Å². The zero-order valence-electron chi connectivity index (χ0n) is 10.3. The highest BCUT2D eigenvalue weighted by Gasteiger charge is 2.12. The van der Waals surface area contributed by atoms with Crippen LogP contribution in [0.15, 0.2) is 5.38 Å². The molecule has 1 amide bonds. The predicted molar refractivity (Wildman–Crippen MR) is 74.1 cm³/mol. The average Bonchev–Trinajstić information content (AvgIpc) is 2.73. The summed E-state index contributed by atoms with van der Waals surface area (Å²) in [6.45, 7) is 3.63. The van der Waals surface area contributed by atoms with Crippen molar-refractivity contribution in [2.75, 3.05) is 26.2 Å². The monoisotopic (exact) mass is 287 g/mol. The van der Waals surface area contributed by atoms with E-state index in [1.807, 2.05) is 5.38 Å². The highest BCUT2D eigenvalue weighted by molar-refractivity contribution is 7.09. The Balaban J connectivity index is 1.69. The van der Waals surface area contributed by atoms with Crippen LogP contribution >= 0.6 is 22.9 Å². The van der Waals surface area contributed by atoms with Gasteiger partial charge in [0.15, 0.2) is 0 Å². The van der Waals surface area contributed by atoms with E-state index in [0.717, 1.165) is 49.7 Å². The first-order chi connectivity index (χ1) is 8.78. The number of alkyl halides is 1. The minimum Gasteiger partial charge on any atom is -0.355 e. The molecule has 1 aromatic rings. The highest BCUT2D eigenvalue weighted by atomic mass is 35.5. The average molecular weight is 288 g/mol. The Morgan fingerprint density at radius 2 is 2.39 bits per heavy atom. The van der Waals surface area contributed by atoms with Crippen molar-refractivity contribution < 1.29 is 4.79 Å². The minimum absolute atomic E-state index is 0.171. The van der Waals surface area contributed by atoms with Gasteiger partial charge in [-0.3, -0.25) is 4.79 Å². The van der Waals surface area contributed by atoms with Gasteiger partial charge >= 0.3 is 0 Å². The molecule has 0 spiro atoms. The zero-order valence-corrected chi connectivity index (χ0v) is 11.9. The van der Waals surface area contributed by atoms with Crippen molar-refractivity contribution in [2.24, 2.45) is 0 Å². The number of carbonyl (C=O) groups excluding carboxylic acids is 1. The number of hydrogen-bond donors (Lipinski definition) is 1. The van der Waals surface area contributed by atoms with Crippen LogP contribution in [0.4, 0.5) is 0 Å². The van der Waals surface area contributed by atoms with E-state index < -0.39 is 0 Å². The molecule has 0 aliphatic carbocycles. The van der Waals surface area contributed by atoms with E-state index in [4.69, 9.17) is 11.6 Å². The lowest BCUT2D eigenvalue weighted by Gasteiger charge is -2.18. The van der Waals surface area contributed by atoms with Gasteiger partial charge in [0.05, 0.1) is 16.6 Å². The number of amides is 1. The van der Waals surface area contributed by atoms with Gasteiger partial charge in [-0.15, -0.1) is 22.9 Å². The number of halogens is 1. The molecule has 1 fully saturated rings. The van der Waals surface area contributed by atoms with Gasteiger partial charge in [-0.1, -0.05) is 0 Å². The molecular weight excluding hydrogens is 270 g/mol. The second-order valence-electron chi connectivity index (χ2n) is 4.41. The number of carbonyl (C=O) groups is 1. The van der Waals surface area contributed by atoms with Crippen LogP contribution in [0.25, 0.3) is 0 Å². The summed E-state index contributed by atoms with van der Waals surface area (Å²) in [6, 6.07) is 0. The maximum Gasteiger partial charge on any atom is 0.221 e. The van der Waals surface area contributed by atoms with Gasteiger partial charge in [0.2, 0.25) is 5.91 Å². The van der Waals surface area contributed by atoms with Gasteiger partial charge in [-0.25, -0.2) is 4.98 Å². The summed E-state index contributed by atoms with van der Waals surface area (Å²) in [5, 5.41) is 6.07. The molecule has 100 valence electrons. The van der Waals surface area contributed by atoms with Crippen molar-refractivity contribution in [3.05, 3.63) is 16.1 Å². The third kappa shape index (κ3) is 4.23. The first-order valence-electron chi connectivity index (χ1n) is 6.26. The topological polar surface area (TPSA) is 45.2 Å². The number of aromatic nitrogens is 1. The maximum absolute atomic E-state index is 11.2. The molecule has 0 aromatic carbocycles. The third-order valence-corrected chi connectivity index (χ3v) is 4.24. The number of aryl methyl sites for hydroxylation is 1. The summed E-state index contributed by atoms with van der Waals surface area (Å²) in [6.07, 6.45) is 2.70. The fraction of sp³-hybridized carbons (Fsp3) is 0.667. The van der Waals surface area contributed by atoms with Crippen LogP contribution < -0.4 is 5.32 Å². The largest absolute Gasteiger partial charge is 0.355 e. The van der Waals surface area contributed by atoms with Crippen LogP contribution in [0.2, 0.25) is 0 Å². The van der Waals surface area contributed by atoms with Crippen LogP contribution in [0.5, 0.6) is 0 Å². The Morgan fingerprint density at radius 1 is 1.50 bits per heavy atom. The normalized spacial score (nSPS) is 17.5. The lowest BCUT2D eigenvalue weighted by molar-refractivity contribution is -0.120. The number of nitrogens with zero attached hydrogens (tertiary/aromatic N) is 2. The molecule has 4 nitrogen and oxygen atoms in total. The quantitative estimate of drug-likeness (QED) is 0.838. The first-order valence-corrected chi connectivity index (χ1v) is 7.67. The van der Waals surface area contributed by atoms with Crippen LogP contribution in [-0.2, 0) is 17.1 Å². The van der Waals surface area contributed by atoms with E-state index in [1.165, 1.54) is 0 Å². The summed E-state index contributed by atoms with van der Waals surface area (Å²) < 4.78 is 0. The summed E-state index contributed by atoms with van der Waals surface area (Å²) in [5.41, 5.74) is 0.973. The lowest BCUT2D eigenvalue weighted by Crippen LogP contribution is -2.29. The van der Waals surface area contributed by atoms with Crippen LogP contribution in [-0.4, -0.2) is 42.0 Å². The van der Waals surface area contributed by atoms with Crippen molar-refractivity contribution >= 4 is 28.8 Å². The molecule has 0 atom stereocenters. The van der Waals surface area contributed by atoms with E-state index in [0.29, 0.717) is 12.3 Å². The summed E-state index contributed by atoms with van der Waals surface area (Å²) in [4.78, 5) is 18.0. The van der Waals surface area contributed by atoms with Gasteiger partial charge in [-0.2, -0.15) is 0 Å². The lowest BCUT2D eigenvalue weighted by atomic mass is 10.3. The fourth-order valence-corrected chi connectivity index (χ4v) is 3.08. The van der Waals surface area contributed by atoms with Crippen LogP contribution in [0.1, 0.15) is 23.5 Å². The highest BCUT2D eigenvalue weighted by Crippen LogP contribution is 2.13. The van der Waals surface area contributed by atoms with Gasteiger partial charge in [0.25, 0.3) is 0 Å². The van der Waals surface area contributed by atoms with Crippen molar-refractivity contribution in [1.29, 1.82) is 0 Å². The number of thiazole rings is 1. The molecule has 0 bridgehead atoms. The van der Waals surface area contributed by atoms with E-state index in [9.17, 15) is 4.79 Å². The molecule has 2 rings (SSSR count). The van der Waals surface area contributed by atoms with Gasteiger partial charge in [-0.05, 0) is 13.0 Å². The van der Waals surface area contributed by atoms with Crippen LogP contribution in [0, 0.1) is 0 Å². The van der Waals surface area contributed by atoms with Gasteiger partial charge in [0.1, 0.15) is 0 Å². The van der Waals surface area contributed by atoms with Gasteiger partial charge in [0, 0.05) is 37.9 Å². The Morgan fingerprint density at radius 3 is 3.17 bits per heavy atom. The Bertz CT molecular complexity index is 396. The molecule has 2 heterocycles. The maximum atomic E-state index is 11.2. The van der Waals surface area contributed by atoms with Crippen molar-refractivity contribution in [1.82, 2.24) is 15.2 Å². The second kappa shape index (κ2) is 7.07. The summed E-state index contributed by atoms with van der Waals surface area (Å²) >= 11 is 7.41. The SMILES string of the molecule is O=C1CCN(CCCc2nc(CCl)cs2)CCN1. The predicted octanol–water partition coefficient (Wildman–Crippen LogP) is 1.64. The number of nitrogens with one attached hydrogen (secondary N) is 1. The Kier molecular flexibility index (Phi) is 5.41. The first kappa shape index (κ1) is 13.8. The molecule has 1 aliphatic rings. The smallest absolute Gasteiger partial charge is 0.221 e. The third-order valence-electron chi connectivity index (χ3n) is 3.01. The van der Waals surface area contributed by atoms with Gasteiger partial charge < -0.3 is 10.2 Å². The van der Waals surface area contributed by atoms with Crippen molar-refractivity contribution in [2.45, 2.75) is 25.1 Å². The molecule has 1 saturated heterocycles. The second-order valence-corrected chi connectivity index (χ2v) is 5.62. The molecule has 6 heteroatoms. The van der Waals surface area contributed by atoms with E-state index in [2.05, 4.69) is 15.2 Å². The zero-order chi connectivity index (χ0) is 12.8. The summed E-state index contributed by atoms with van der Waals surface area (Å²) in [7, 11) is 0. The van der Waals surface area contributed by atoms with Crippen LogP contribution in [0.3, 0.4) is 0 Å². The minimum atomic E-state index is 0.171. The fourth-order valence-electron chi connectivity index (χ4n) is 2.02. The molecule has 1 N–H and O–H groups in total. The summed E-state index contributed by atoms with van der Waals surface area (Å²) in [5.74, 6) is 0.667. The standard InChI is InChI=1S/C12H18ClN3OS/c13-8-10-9-18-12(15-10)2-1-5-16-6-3-11(17)14-4-7-16/h9H,1-8H2,(H,14,17). The van der Waals surface area contributed by atoms with E-state index >= 15 is 0 Å². The van der Waals surface area contributed by atoms with Crippen molar-refractivity contribution in [3.8, 4) is 0 Å². The molecule has 0 unspecified atom stereocenters. The molecular formula is C12H18ClN3OS. The van der Waals surface area contributed by atoms with E-state index in [-0.39, 0.29) is 5.91 Å².